The van der Waals surface area contributed by atoms with Gasteiger partial charge in [0.1, 0.15) is 5.82 Å². The Morgan fingerprint density at radius 3 is 2.72 bits per heavy atom. The van der Waals surface area contributed by atoms with Gasteiger partial charge >= 0.3 is 0 Å². The maximum absolute atomic E-state index is 13.2. The summed E-state index contributed by atoms with van der Waals surface area (Å²) in [6.07, 6.45) is 5.60. The average molecular weight is 272 g/mol. The molecular formula is C15H23ClFN. The molecule has 1 aromatic carbocycles. The molecule has 0 saturated heterocycles. The molecule has 0 aliphatic rings. The summed E-state index contributed by atoms with van der Waals surface area (Å²) in [6, 6.07) is 4.99. The molecule has 1 atom stereocenters. The topological polar surface area (TPSA) is 12.0 Å². The molecule has 0 heterocycles. The van der Waals surface area contributed by atoms with Gasteiger partial charge in [0.25, 0.3) is 0 Å². The van der Waals surface area contributed by atoms with Crippen LogP contribution in [0.25, 0.3) is 0 Å². The molecule has 0 bridgehead atoms. The Bertz CT molecular complexity index is 354. The van der Waals surface area contributed by atoms with Crippen molar-refractivity contribution < 1.29 is 4.39 Å². The summed E-state index contributed by atoms with van der Waals surface area (Å²) >= 11 is 6.11. The average Bonchev–Trinajstić information content (AvgIpc) is 2.34. The van der Waals surface area contributed by atoms with Gasteiger partial charge in [0.05, 0.1) is 0 Å². The minimum atomic E-state index is -0.210. The quantitative estimate of drug-likeness (QED) is 0.683. The number of benzene rings is 1. The van der Waals surface area contributed by atoms with Crippen molar-refractivity contribution in [2.75, 3.05) is 6.54 Å². The number of hydrogen-bond acceptors (Lipinski definition) is 1. The van der Waals surface area contributed by atoms with Gasteiger partial charge in [-0.15, -0.1) is 0 Å². The highest BCUT2D eigenvalue weighted by molar-refractivity contribution is 6.31. The van der Waals surface area contributed by atoms with Crippen molar-refractivity contribution >= 4 is 11.6 Å². The van der Waals surface area contributed by atoms with Crippen molar-refractivity contribution in [3.05, 3.63) is 34.6 Å². The molecule has 0 amide bonds. The number of unbranched alkanes of at least 4 members (excludes halogenated alkanes) is 2. The second-order valence-corrected chi connectivity index (χ2v) is 5.10. The predicted molar refractivity (Wildman–Crippen MR) is 76.7 cm³/mol. The van der Waals surface area contributed by atoms with Gasteiger partial charge in [-0.2, -0.15) is 0 Å². The first kappa shape index (κ1) is 15.5. The Morgan fingerprint density at radius 2 is 2.06 bits per heavy atom. The molecule has 0 radical (unpaired) electrons. The first-order valence-electron chi connectivity index (χ1n) is 6.84. The van der Waals surface area contributed by atoms with Crippen LogP contribution in [0, 0.1) is 5.82 Å². The highest BCUT2D eigenvalue weighted by Gasteiger charge is 2.11. The highest BCUT2D eigenvalue weighted by atomic mass is 35.5. The van der Waals surface area contributed by atoms with Gasteiger partial charge in [-0.3, -0.25) is 0 Å². The van der Waals surface area contributed by atoms with Crippen molar-refractivity contribution in [1.82, 2.24) is 5.32 Å². The number of halogens is 2. The largest absolute Gasteiger partial charge is 0.314 e. The van der Waals surface area contributed by atoms with Gasteiger partial charge in [0, 0.05) is 11.1 Å². The zero-order valence-corrected chi connectivity index (χ0v) is 12.1. The van der Waals surface area contributed by atoms with E-state index < -0.39 is 0 Å². The van der Waals surface area contributed by atoms with E-state index in [0.29, 0.717) is 11.1 Å². The molecule has 1 N–H and O–H groups in total. The van der Waals surface area contributed by atoms with Crippen molar-refractivity contribution in [2.45, 2.75) is 52.0 Å². The molecule has 0 aliphatic carbocycles. The second kappa shape index (κ2) is 8.49. The van der Waals surface area contributed by atoms with Crippen LogP contribution in [-0.4, -0.2) is 12.6 Å². The summed E-state index contributed by atoms with van der Waals surface area (Å²) in [7, 11) is 0. The molecular weight excluding hydrogens is 249 g/mol. The molecule has 18 heavy (non-hydrogen) atoms. The Hall–Kier alpha value is -0.600. The second-order valence-electron chi connectivity index (χ2n) is 4.69. The van der Waals surface area contributed by atoms with Crippen molar-refractivity contribution in [1.29, 1.82) is 0 Å². The lowest BCUT2D eigenvalue weighted by Gasteiger charge is -2.18. The van der Waals surface area contributed by atoms with Crippen LogP contribution in [0.4, 0.5) is 4.39 Å². The lowest BCUT2D eigenvalue weighted by molar-refractivity contribution is 0.466. The lowest BCUT2D eigenvalue weighted by atomic mass is 10.00. The monoisotopic (exact) mass is 271 g/mol. The first-order valence-corrected chi connectivity index (χ1v) is 7.22. The van der Waals surface area contributed by atoms with Crippen LogP contribution in [0.1, 0.15) is 45.1 Å². The smallest absolute Gasteiger partial charge is 0.123 e. The van der Waals surface area contributed by atoms with Crippen LogP contribution >= 0.6 is 11.6 Å². The summed E-state index contributed by atoms with van der Waals surface area (Å²) in [6.45, 7) is 5.23. The Balaban J connectivity index is 2.60. The lowest BCUT2D eigenvalue weighted by Crippen LogP contribution is -2.31. The summed E-state index contributed by atoms with van der Waals surface area (Å²) in [5, 5.41) is 4.12. The summed E-state index contributed by atoms with van der Waals surface area (Å²) in [4.78, 5) is 0. The van der Waals surface area contributed by atoms with Crippen LogP contribution in [-0.2, 0) is 6.42 Å². The van der Waals surface area contributed by atoms with Crippen molar-refractivity contribution in [3.63, 3.8) is 0 Å². The molecule has 1 nitrogen and oxygen atoms in total. The number of hydrogen-bond donors (Lipinski definition) is 1. The van der Waals surface area contributed by atoms with Gasteiger partial charge in [-0.05, 0) is 43.1 Å². The fourth-order valence-corrected chi connectivity index (χ4v) is 2.37. The summed E-state index contributed by atoms with van der Waals surface area (Å²) < 4.78 is 13.2. The maximum Gasteiger partial charge on any atom is 0.123 e. The fraction of sp³-hybridized carbons (Fsp3) is 0.600. The molecule has 0 spiro atoms. The van der Waals surface area contributed by atoms with E-state index in [4.69, 9.17) is 11.6 Å². The van der Waals surface area contributed by atoms with Gasteiger partial charge in [-0.25, -0.2) is 4.39 Å². The molecule has 1 aromatic rings. The number of rotatable bonds is 8. The third kappa shape index (κ3) is 5.36. The summed E-state index contributed by atoms with van der Waals surface area (Å²) in [5.74, 6) is -0.210. The zero-order chi connectivity index (χ0) is 13.4. The molecule has 0 fully saturated rings. The summed E-state index contributed by atoms with van der Waals surface area (Å²) in [5.41, 5.74) is 0.902. The van der Waals surface area contributed by atoms with Gasteiger partial charge < -0.3 is 5.32 Å². The zero-order valence-electron chi connectivity index (χ0n) is 11.3. The molecule has 1 rings (SSSR count). The molecule has 102 valence electrons. The van der Waals surface area contributed by atoms with E-state index >= 15 is 0 Å². The minimum absolute atomic E-state index is 0.210. The van der Waals surface area contributed by atoms with Crippen LogP contribution in [0.2, 0.25) is 5.02 Å². The van der Waals surface area contributed by atoms with E-state index in [2.05, 4.69) is 19.2 Å². The van der Waals surface area contributed by atoms with Crippen LogP contribution in [0.3, 0.4) is 0 Å². The van der Waals surface area contributed by atoms with E-state index in [1.807, 2.05) is 0 Å². The first-order chi connectivity index (χ1) is 8.67. The molecule has 0 aliphatic heterocycles. The van der Waals surface area contributed by atoms with E-state index in [1.54, 1.807) is 12.1 Å². The Labute approximate surface area is 115 Å². The minimum Gasteiger partial charge on any atom is -0.314 e. The SMILES string of the molecule is CCCCCC(Cc1cc(F)ccc1Cl)NCC. The molecule has 1 unspecified atom stereocenters. The number of nitrogens with one attached hydrogen (secondary N) is 1. The van der Waals surface area contributed by atoms with Gasteiger partial charge in [0.15, 0.2) is 0 Å². The molecule has 3 heteroatoms. The molecule has 0 aromatic heterocycles. The fourth-order valence-electron chi connectivity index (χ4n) is 2.17. The third-order valence-electron chi connectivity index (χ3n) is 3.12. The van der Waals surface area contributed by atoms with Crippen molar-refractivity contribution in [3.8, 4) is 0 Å². The number of likely N-dealkylation sites (N-methyl/N-ethyl adjacent to an activating group) is 1. The van der Waals surface area contributed by atoms with E-state index in [9.17, 15) is 4.39 Å². The Kier molecular flexibility index (Phi) is 7.29. The van der Waals surface area contributed by atoms with E-state index in [-0.39, 0.29) is 5.82 Å². The molecule has 0 saturated carbocycles. The van der Waals surface area contributed by atoms with Gasteiger partial charge in [0.2, 0.25) is 0 Å². The maximum atomic E-state index is 13.2. The highest BCUT2D eigenvalue weighted by Crippen LogP contribution is 2.20. The Morgan fingerprint density at radius 1 is 1.28 bits per heavy atom. The van der Waals surface area contributed by atoms with Crippen LogP contribution in [0.5, 0.6) is 0 Å². The van der Waals surface area contributed by atoms with E-state index in [1.165, 1.54) is 25.3 Å². The van der Waals surface area contributed by atoms with Gasteiger partial charge in [-0.1, -0.05) is 44.7 Å². The normalized spacial score (nSPS) is 12.7. The van der Waals surface area contributed by atoms with E-state index in [0.717, 1.165) is 24.9 Å². The third-order valence-corrected chi connectivity index (χ3v) is 3.49. The van der Waals surface area contributed by atoms with Crippen molar-refractivity contribution in [2.24, 2.45) is 0 Å². The van der Waals surface area contributed by atoms with Crippen LogP contribution < -0.4 is 5.32 Å². The van der Waals surface area contributed by atoms with Crippen LogP contribution in [0.15, 0.2) is 18.2 Å². The standard InChI is InChI=1S/C15H23ClFN/c1-3-5-6-7-14(18-4-2)11-12-10-13(17)8-9-15(12)16/h8-10,14,18H,3-7,11H2,1-2H3. The predicted octanol–water partition coefficient (Wildman–Crippen LogP) is 4.58.